The van der Waals surface area contributed by atoms with E-state index < -0.39 is 8.15 Å². The summed E-state index contributed by atoms with van der Waals surface area (Å²) < 4.78 is 0. The van der Waals surface area contributed by atoms with E-state index in [-0.39, 0.29) is 0 Å². The second-order valence-corrected chi connectivity index (χ2v) is 26.1. The van der Waals surface area contributed by atoms with E-state index in [4.69, 9.17) is 0 Å². The molecule has 1 rings (SSSR count). The van der Waals surface area contributed by atoms with Crippen LogP contribution in [0.15, 0.2) is 0 Å². The van der Waals surface area contributed by atoms with Crippen LogP contribution >= 0.6 is 47.3 Å². The van der Waals surface area contributed by atoms with Gasteiger partial charge in [0, 0.05) is 8.15 Å². The maximum absolute atomic E-state index is 9.45. The third-order valence-corrected chi connectivity index (χ3v) is 6.27. The Balaban J connectivity index is 0. The molecule has 0 fully saturated rings. The van der Waals surface area contributed by atoms with Crippen LogP contribution in [0.2, 0.25) is 0 Å². The molecule has 0 aliphatic carbocycles. The van der Waals surface area contributed by atoms with Gasteiger partial charge >= 0.3 is 49.7 Å². The van der Waals surface area contributed by atoms with Gasteiger partial charge in [-0.15, -0.1) is 0 Å². The quantitative estimate of drug-likeness (QED) is 0.194. The predicted octanol–water partition coefficient (Wildman–Crippen LogP) is 7.40. The molecule has 0 spiro atoms. The van der Waals surface area contributed by atoms with Crippen LogP contribution in [0.4, 0.5) is 0 Å². The normalized spacial score (nSPS) is 10.7. The van der Waals surface area contributed by atoms with E-state index in [0.29, 0.717) is 22.4 Å². The van der Waals surface area contributed by atoms with Gasteiger partial charge in [0.05, 0.1) is 0 Å². The molecule has 0 bridgehead atoms. The minimum absolute atomic E-state index is 0.440. The first-order valence-electron chi connectivity index (χ1n) is 7.96. The third-order valence-electron chi connectivity index (χ3n) is 3.96. The fourth-order valence-electron chi connectivity index (χ4n) is 2.32. The van der Waals surface area contributed by atoms with E-state index in [1.807, 2.05) is 0 Å². The van der Waals surface area contributed by atoms with E-state index >= 15 is 0 Å². The van der Waals surface area contributed by atoms with Gasteiger partial charge in [-0.05, 0) is 24.2 Å². The van der Waals surface area contributed by atoms with E-state index in [2.05, 4.69) is 102 Å². The standard InChI is InChI=1S/C10H15.C8H19OP.2HI.Ir/c1-6-7(2)9(4)10(5)8(6)3;1-7(2)5-10(9)6-8(3)4;;;/h1-5H3;7-9H,5-6H2,1-4H3;2*1H;/q-1;;;;+3/p-2. The Bertz CT molecular complexity index is 341. The summed E-state index contributed by atoms with van der Waals surface area (Å²) in [6.45, 7) is 19.6. The van der Waals surface area contributed by atoms with Gasteiger partial charge in [0.25, 0.3) is 0 Å². The molecule has 0 aromatic heterocycles. The Labute approximate surface area is 175 Å². The van der Waals surface area contributed by atoms with Crippen LogP contribution in [0.5, 0.6) is 0 Å². The van der Waals surface area contributed by atoms with Gasteiger partial charge in [0.1, 0.15) is 0 Å². The Hall–Kier alpha value is 1.85. The molecule has 0 atom stereocenters. The van der Waals surface area contributed by atoms with Crippen molar-refractivity contribution in [1.82, 2.24) is 0 Å². The summed E-state index contributed by atoms with van der Waals surface area (Å²) in [5.41, 5.74) is 7.34. The van der Waals surface area contributed by atoms with E-state index in [1.54, 1.807) is 0 Å². The van der Waals surface area contributed by atoms with Gasteiger partial charge in [0.15, 0.2) is 0 Å². The Morgan fingerprint density at radius 3 is 1.30 bits per heavy atom. The average molecular weight is 743 g/mol. The van der Waals surface area contributed by atoms with Crippen molar-refractivity contribution in [3.63, 3.8) is 0 Å². The summed E-state index contributed by atoms with van der Waals surface area (Å²) in [5.74, 6) is 1.30. The zero-order valence-corrected chi connectivity index (χ0v) is 23.7. The summed E-state index contributed by atoms with van der Waals surface area (Å²) in [6, 6.07) is 0. The molecule has 0 saturated carbocycles. The van der Waals surface area contributed by atoms with Crippen LogP contribution in [0.1, 0.15) is 55.5 Å². The van der Waals surface area contributed by atoms with Gasteiger partial charge in [-0.1, -0.05) is 62.3 Å². The zero-order valence-electron chi connectivity index (χ0n) is 16.1. The average Bonchev–Trinajstić information content (AvgIpc) is 2.57. The molecule has 0 saturated heterocycles. The first kappa shape index (κ1) is 27.1. The zero-order chi connectivity index (χ0) is 18.7. The van der Waals surface area contributed by atoms with Crippen LogP contribution in [0.25, 0.3) is 0 Å². The molecular formula is C18H34I2IrOP. The van der Waals surface area contributed by atoms with Crippen LogP contribution < -0.4 is 0 Å². The van der Waals surface area contributed by atoms with E-state index in [0.717, 1.165) is 12.3 Å². The molecule has 0 aliphatic rings. The molecule has 0 unspecified atom stereocenters. The minimum atomic E-state index is -0.659. The topological polar surface area (TPSA) is 20.2 Å². The van der Waals surface area contributed by atoms with Crippen molar-refractivity contribution in [3.05, 3.63) is 27.8 Å². The van der Waals surface area contributed by atoms with Crippen molar-refractivity contribution in [2.24, 2.45) is 11.8 Å². The maximum atomic E-state index is 9.45. The van der Waals surface area contributed by atoms with Gasteiger partial charge < -0.3 is 4.89 Å². The molecule has 0 heterocycles. The number of rotatable bonds is 4. The molecule has 0 amide bonds. The summed E-state index contributed by atoms with van der Waals surface area (Å²) in [4.78, 5) is 9.45. The van der Waals surface area contributed by atoms with Crippen LogP contribution in [0.3, 0.4) is 0 Å². The molecule has 140 valence electrons. The Kier molecular flexibility index (Phi) is 17.6. The van der Waals surface area contributed by atoms with E-state index in [1.165, 1.54) is 27.8 Å². The summed E-state index contributed by atoms with van der Waals surface area (Å²) in [5, 5.41) is 0. The molecule has 0 radical (unpaired) electrons. The first-order chi connectivity index (χ1) is 10.5. The number of hydrogen-bond acceptors (Lipinski definition) is 1. The second kappa shape index (κ2) is 15.0. The second-order valence-electron chi connectivity index (χ2n) is 6.83. The molecule has 1 aromatic carbocycles. The van der Waals surface area contributed by atoms with Gasteiger partial charge in [-0.2, -0.15) is 27.8 Å². The summed E-state index contributed by atoms with van der Waals surface area (Å²) in [7, 11) is -0.219. The van der Waals surface area contributed by atoms with Gasteiger partial charge in [-0.25, -0.2) is 0 Å². The predicted molar refractivity (Wildman–Crippen MR) is 122 cm³/mol. The SMILES string of the molecule is CC(C)CP(O)CC(C)C.Cc1c(C)c(C)[c-](C)c1C.[I][Ir+][I]. The number of hydrogen-bond donors (Lipinski definition) is 1. The van der Waals surface area contributed by atoms with Crippen LogP contribution in [-0.2, 0) is 10.5 Å². The fraction of sp³-hybridized carbons (Fsp3) is 0.722. The van der Waals surface area contributed by atoms with Crippen LogP contribution in [-0.4, -0.2) is 17.2 Å². The molecule has 5 heteroatoms. The fourth-order valence-corrected chi connectivity index (χ4v) is 4.16. The first-order valence-corrected chi connectivity index (χ1v) is 23.2. The molecular weight excluding hydrogens is 709 g/mol. The van der Waals surface area contributed by atoms with Crippen molar-refractivity contribution in [3.8, 4) is 0 Å². The Morgan fingerprint density at radius 1 is 0.913 bits per heavy atom. The molecule has 0 aliphatic heterocycles. The van der Waals surface area contributed by atoms with Crippen molar-refractivity contribution < 1.29 is 15.4 Å². The van der Waals surface area contributed by atoms with Crippen molar-refractivity contribution in [2.45, 2.75) is 62.3 Å². The Morgan fingerprint density at radius 2 is 1.17 bits per heavy atom. The molecule has 1 nitrogen and oxygen atoms in total. The summed E-state index contributed by atoms with van der Waals surface area (Å²) in [6.07, 6.45) is 2.01. The van der Waals surface area contributed by atoms with Crippen molar-refractivity contribution in [1.29, 1.82) is 0 Å². The number of halogens is 2. The molecule has 1 aromatic rings. The van der Waals surface area contributed by atoms with Crippen molar-refractivity contribution in [2.75, 3.05) is 12.3 Å². The van der Waals surface area contributed by atoms with Crippen LogP contribution in [0, 0.1) is 46.5 Å². The molecule has 1 N–H and O–H groups in total. The van der Waals surface area contributed by atoms with Gasteiger partial charge in [0.2, 0.25) is 0 Å². The third kappa shape index (κ3) is 12.8. The molecule has 23 heavy (non-hydrogen) atoms. The van der Waals surface area contributed by atoms with Crippen molar-refractivity contribution >= 4 is 47.3 Å². The monoisotopic (exact) mass is 744 g/mol. The van der Waals surface area contributed by atoms with Gasteiger partial charge in [-0.3, -0.25) is 0 Å². The summed E-state index contributed by atoms with van der Waals surface area (Å²) >= 11 is 4.80. The van der Waals surface area contributed by atoms with E-state index in [9.17, 15) is 4.89 Å².